The highest BCUT2D eigenvalue weighted by Gasteiger charge is 2.39. The minimum absolute atomic E-state index is 0.00975. The number of carbonyl (C=O) groups excluding carboxylic acids is 4. The molecule has 0 spiro atoms. The lowest BCUT2D eigenvalue weighted by Crippen LogP contribution is -2.55. The van der Waals surface area contributed by atoms with Gasteiger partial charge in [0.1, 0.15) is 12.4 Å². The molecular formula is C26H29N5O7. The molecule has 200 valence electrons. The van der Waals surface area contributed by atoms with Crippen molar-refractivity contribution in [2.24, 2.45) is 0 Å². The zero-order chi connectivity index (χ0) is 27.4. The number of amidine groups is 1. The van der Waals surface area contributed by atoms with Gasteiger partial charge in [-0.2, -0.15) is 0 Å². The highest BCUT2D eigenvalue weighted by Crippen LogP contribution is 2.27. The molecule has 12 nitrogen and oxygen atoms in total. The molecule has 2 heterocycles. The van der Waals surface area contributed by atoms with Gasteiger partial charge in [-0.05, 0) is 48.9 Å². The number of hydrogen-bond donors (Lipinski definition) is 4. The van der Waals surface area contributed by atoms with E-state index in [9.17, 15) is 24.3 Å². The summed E-state index contributed by atoms with van der Waals surface area (Å²) < 4.78 is 10.7. The van der Waals surface area contributed by atoms with Crippen molar-refractivity contribution in [3.05, 3.63) is 53.6 Å². The third-order valence-corrected chi connectivity index (χ3v) is 6.18. The normalized spacial score (nSPS) is 18.7. The average Bonchev–Trinajstić information content (AvgIpc) is 2.88. The molecule has 4 N–H and O–H groups in total. The van der Waals surface area contributed by atoms with Crippen LogP contribution in [0.1, 0.15) is 18.1 Å². The zero-order valence-electron chi connectivity index (χ0n) is 21.0. The molecule has 12 heteroatoms. The van der Waals surface area contributed by atoms with E-state index in [2.05, 4.69) is 10.6 Å². The van der Waals surface area contributed by atoms with Crippen LogP contribution in [0.25, 0.3) is 0 Å². The van der Waals surface area contributed by atoms with E-state index in [1.165, 1.54) is 17.9 Å². The van der Waals surface area contributed by atoms with Gasteiger partial charge < -0.3 is 35.0 Å². The van der Waals surface area contributed by atoms with E-state index in [4.69, 9.17) is 14.9 Å². The lowest BCUT2D eigenvalue weighted by Gasteiger charge is -2.35. The Morgan fingerprint density at radius 3 is 2.47 bits per heavy atom. The number of morpholine rings is 2. The van der Waals surface area contributed by atoms with Gasteiger partial charge in [-0.15, -0.1) is 0 Å². The van der Waals surface area contributed by atoms with Crippen LogP contribution in [0.2, 0.25) is 0 Å². The molecule has 2 saturated heterocycles. The Morgan fingerprint density at radius 2 is 1.79 bits per heavy atom. The topological polar surface area (TPSA) is 161 Å². The van der Waals surface area contributed by atoms with Gasteiger partial charge in [-0.3, -0.25) is 24.6 Å². The molecule has 0 aromatic heterocycles. The van der Waals surface area contributed by atoms with Crippen molar-refractivity contribution in [1.82, 2.24) is 5.32 Å². The molecule has 0 aliphatic carbocycles. The molecule has 2 aliphatic heterocycles. The molecule has 2 aromatic rings. The molecule has 4 amide bonds. The van der Waals surface area contributed by atoms with Crippen molar-refractivity contribution >= 4 is 46.5 Å². The quantitative estimate of drug-likeness (QED) is 0.318. The van der Waals surface area contributed by atoms with E-state index >= 15 is 0 Å². The van der Waals surface area contributed by atoms with Crippen LogP contribution < -0.4 is 20.4 Å². The lowest BCUT2D eigenvalue weighted by molar-refractivity contribution is -0.150. The monoisotopic (exact) mass is 523 g/mol. The number of aliphatic hydroxyl groups excluding tert-OH is 1. The molecular weight excluding hydrogens is 494 g/mol. The predicted molar refractivity (Wildman–Crippen MR) is 138 cm³/mol. The fourth-order valence-corrected chi connectivity index (χ4v) is 4.33. The van der Waals surface area contributed by atoms with Crippen LogP contribution in [-0.2, 0) is 28.7 Å². The van der Waals surface area contributed by atoms with Gasteiger partial charge in [0.2, 0.25) is 5.91 Å². The van der Waals surface area contributed by atoms with Gasteiger partial charge in [0.15, 0.2) is 12.2 Å². The lowest BCUT2D eigenvalue weighted by atomic mass is 10.1. The van der Waals surface area contributed by atoms with Crippen LogP contribution in [-0.4, -0.2) is 79.7 Å². The first-order valence-corrected chi connectivity index (χ1v) is 12.0. The molecule has 2 aromatic carbocycles. The van der Waals surface area contributed by atoms with Crippen LogP contribution >= 0.6 is 0 Å². The van der Waals surface area contributed by atoms with Crippen molar-refractivity contribution in [3.8, 4) is 0 Å². The largest absolute Gasteiger partial charge is 0.380 e. The summed E-state index contributed by atoms with van der Waals surface area (Å²) in [6.07, 6.45) is -3.21. The summed E-state index contributed by atoms with van der Waals surface area (Å²) in [4.78, 5) is 52.5. The average molecular weight is 524 g/mol. The fourth-order valence-electron chi connectivity index (χ4n) is 4.33. The van der Waals surface area contributed by atoms with Crippen molar-refractivity contribution in [2.45, 2.75) is 26.1 Å². The number of aliphatic hydroxyl groups is 1. The standard InChI is InChI=1S/C26H29N5O7/c1-15-12-17(6-7-20(15)24(27)28-16(2)32)29-25(35)22(34)23-26(36)31(9-11-38-23)19-5-3-4-18(13-19)30-8-10-37-14-21(30)33/h3-7,12-13,22-23,34H,8-11,14H2,1-2H3,(H,29,35)(H2,27,28,32)/t22-,23-/m1/s1. The minimum Gasteiger partial charge on any atom is -0.380 e. The number of nitrogens with zero attached hydrogens (tertiary/aromatic N) is 2. The molecule has 0 saturated carbocycles. The van der Waals surface area contributed by atoms with E-state index in [0.29, 0.717) is 41.3 Å². The zero-order valence-corrected chi connectivity index (χ0v) is 21.0. The summed E-state index contributed by atoms with van der Waals surface area (Å²) in [6, 6.07) is 11.6. The van der Waals surface area contributed by atoms with E-state index in [-0.39, 0.29) is 37.4 Å². The molecule has 4 rings (SSSR count). The summed E-state index contributed by atoms with van der Waals surface area (Å²) in [5, 5.41) is 23.6. The maximum absolute atomic E-state index is 13.2. The second-order valence-electron chi connectivity index (χ2n) is 8.92. The Labute approximate surface area is 219 Å². The molecule has 2 atom stereocenters. The van der Waals surface area contributed by atoms with Crippen LogP contribution in [0, 0.1) is 12.3 Å². The molecule has 38 heavy (non-hydrogen) atoms. The Morgan fingerprint density at radius 1 is 1.08 bits per heavy atom. The maximum atomic E-state index is 13.2. The number of anilines is 3. The van der Waals surface area contributed by atoms with Gasteiger partial charge in [0, 0.05) is 42.6 Å². The maximum Gasteiger partial charge on any atom is 0.259 e. The summed E-state index contributed by atoms with van der Waals surface area (Å²) in [5.74, 6) is -2.04. The number of ether oxygens (including phenoxy) is 2. The van der Waals surface area contributed by atoms with Crippen LogP contribution in [0.4, 0.5) is 17.1 Å². The first-order chi connectivity index (χ1) is 18.2. The van der Waals surface area contributed by atoms with Gasteiger partial charge in [0.05, 0.1) is 13.2 Å². The third-order valence-electron chi connectivity index (χ3n) is 6.18. The Kier molecular flexibility index (Phi) is 8.15. The third kappa shape index (κ3) is 5.88. The molecule has 0 unspecified atom stereocenters. The van der Waals surface area contributed by atoms with Gasteiger partial charge >= 0.3 is 0 Å². The minimum atomic E-state index is -1.79. The SMILES string of the molecule is CC(=O)NC(=N)c1ccc(NC(=O)[C@H](O)[C@H]2OCCN(c3cccc(N4CCOCC4=O)c3)C2=O)cc1C. The Hall–Kier alpha value is -4.13. The van der Waals surface area contributed by atoms with E-state index in [0.717, 1.165) is 0 Å². The number of amides is 4. The molecule has 0 bridgehead atoms. The number of hydrogen-bond acceptors (Lipinski definition) is 8. The second kappa shape index (κ2) is 11.5. The fraction of sp³-hybridized carbons (Fsp3) is 0.346. The second-order valence-corrected chi connectivity index (χ2v) is 8.92. The van der Waals surface area contributed by atoms with E-state index in [1.807, 2.05) is 0 Å². The van der Waals surface area contributed by atoms with Crippen LogP contribution in [0.5, 0.6) is 0 Å². The first-order valence-electron chi connectivity index (χ1n) is 12.0. The Balaban J connectivity index is 1.44. The number of rotatable bonds is 6. The predicted octanol–water partition coefficient (Wildman–Crippen LogP) is 0.551. The summed E-state index contributed by atoms with van der Waals surface area (Å²) >= 11 is 0. The van der Waals surface area contributed by atoms with Crippen molar-refractivity contribution in [1.29, 1.82) is 5.41 Å². The number of aryl methyl sites for hydroxylation is 1. The van der Waals surface area contributed by atoms with Crippen molar-refractivity contribution < 1.29 is 33.8 Å². The van der Waals surface area contributed by atoms with E-state index in [1.54, 1.807) is 48.2 Å². The molecule has 2 aliphatic rings. The smallest absolute Gasteiger partial charge is 0.259 e. The highest BCUT2D eigenvalue weighted by atomic mass is 16.5. The first kappa shape index (κ1) is 26.9. The summed E-state index contributed by atoms with van der Waals surface area (Å²) in [7, 11) is 0. The van der Waals surface area contributed by atoms with Gasteiger partial charge in [-0.25, -0.2) is 0 Å². The number of nitrogens with one attached hydrogen (secondary N) is 3. The molecule has 0 radical (unpaired) electrons. The Bertz CT molecular complexity index is 1280. The number of benzene rings is 2. The van der Waals surface area contributed by atoms with E-state index < -0.39 is 24.0 Å². The summed E-state index contributed by atoms with van der Waals surface area (Å²) in [5.41, 5.74) is 2.57. The van der Waals surface area contributed by atoms with Crippen LogP contribution in [0.3, 0.4) is 0 Å². The summed E-state index contributed by atoms with van der Waals surface area (Å²) in [6.45, 7) is 4.13. The highest BCUT2D eigenvalue weighted by molar-refractivity contribution is 6.07. The van der Waals surface area contributed by atoms with Crippen molar-refractivity contribution in [2.75, 3.05) is 48.0 Å². The van der Waals surface area contributed by atoms with Crippen molar-refractivity contribution in [3.63, 3.8) is 0 Å². The molecule has 2 fully saturated rings. The van der Waals surface area contributed by atoms with Crippen LogP contribution in [0.15, 0.2) is 42.5 Å². The van der Waals surface area contributed by atoms with Gasteiger partial charge in [0.25, 0.3) is 17.7 Å². The van der Waals surface area contributed by atoms with Gasteiger partial charge in [-0.1, -0.05) is 6.07 Å². The number of carbonyl (C=O) groups is 4.